The van der Waals surface area contributed by atoms with Crippen molar-refractivity contribution in [2.75, 3.05) is 5.32 Å². The lowest BCUT2D eigenvalue weighted by Crippen LogP contribution is -2.35. The van der Waals surface area contributed by atoms with E-state index < -0.39 is 11.9 Å². The van der Waals surface area contributed by atoms with Crippen LogP contribution in [0.2, 0.25) is 0 Å². The number of rotatable bonds is 7. The summed E-state index contributed by atoms with van der Waals surface area (Å²) in [6, 6.07) is 7.47. The standard InChI is InChI=1S/C14H12BrClFN7O2S2/c1-7-3-2-4-8(5-7)21-11-9-10(20-6-19-9)22-12(23-11)13(18,28-24(25)26)27-14(15,16)17/h2-6H,18H2,1H3,(H2,19,20,21,22,23). The monoisotopic (exact) mass is 507 g/mol. The van der Waals surface area contributed by atoms with E-state index in [9.17, 15) is 14.5 Å². The van der Waals surface area contributed by atoms with Crippen molar-refractivity contribution in [3.05, 3.63) is 52.1 Å². The second kappa shape index (κ2) is 7.99. The summed E-state index contributed by atoms with van der Waals surface area (Å²) in [4.78, 5) is 26.5. The van der Waals surface area contributed by atoms with E-state index in [1.54, 1.807) is 0 Å². The van der Waals surface area contributed by atoms with Crippen LogP contribution in [0.15, 0.2) is 30.6 Å². The first-order valence-electron chi connectivity index (χ1n) is 7.50. The van der Waals surface area contributed by atoms with Crippen molar-refractivity contribution < 1.29 is 8.72 Å². The molecular formula is C14H12BrClFN7O2S2. The minimum absolute atomic E-state index is 0.0282. The third-order valence-electron chi connectivity index (χ3n) is 3.36. The van der Waals surface area contributed by atoms with Crippen molar-refractivity contribution in [3.63, 3.8) is 0 Å². The number of thioether (sulfide) groups is 1. The van der Waals surface area contributed by atoms with E-state index in [0.717, 1.165) is 11.3 Å². The first-order valence-corrected chi connectivity index (χ1v) is 10.3. The third-order valence-corrected chi connectivity index (χ3v) is 5.87. The Bertz CT molecular complexity index is 1030. The third kappa shape index (κ3) is 5.03. The molecule has 0 radical (unpaired) electrons. The van der Waals surface area contributed by atoms with Gasteiger partial charge in [0.25, 0.3) is 15.3 Å². The molecule has 2 atom stereocenters. The van der Waals surface area contributed by atoms with Gasteiger partial charge < -0.3 is 10.3 Å². The molecule has 28 heavy (non-hydrogen) atoms. The van der Waals surface area contributed by atoms with Gasteiger partial charge in [-0.2, -0.15) is 0 Å². The molecule has 2 heterocycles. The molecule has 0 spiro atoms. The fourth-order valence-electron chi connectivity index (χ4n) is 2.33. The lowest BCUT2D eigenvalue weighted by atomic mass is 10.2. The van der Waals surface area contributed by atoms with Gasteiger partial charge in [-0.15, -0.1) is 0 Å². The Kier molecular flexibility index (Phi) is 6.00. The lowest BCUT2D eigenvalue weighted by molar-refractivity contribution is -0.285. The van der Waals surface area contributed by atoms with Crippen LogP contribution in [0.3, 0.4) is 0 Å². The van der Waals surface area contributed by atoms with Crippen LogP contribution in [-0.4, -0.2) is 27.6 Å². The smallest absolute Gasteiger partial charge is 0.287 e. The number of benzene rings is 1. The summed E-state index contributed by atoms with van der Waals surface area (Å²) in [5.74, 6) is 0.0483. The Hall–Kier alpha value is -1.67. The Labute approximate surface area is 179 Å². The number of H-pyrrole nitrogens is 1. The number of hydrogen-bond donors (Lipinski definition) is 3. The first kappa shape index (κ1) is 21.0. The SMILES string of the molecule is Cc1cccc(Nc2nc(C(N)(S[N+](=O)[O-])SC(F)(Cl)Br)nc3nc[nH]c23)c1. The molecule has 2 unspecified atom stereocenters. The number of fused-ring (bicyclic) bond motifs is 1. The molecule has 0 saturated heterocycles. The van der Waals surface area contributed by atoms with Gasteiger partial charge in [-0.25, -0.2) is 19.3 Å². The number of aromatic nitrogens is 4. The van der Waals surface area contributed by atoms with E-state index in [1.165, 1.54) is 6.33 Å². The zero-order valence-corrected chi connectivity index (χ0v) is 18.0. The van der Waals surface area contributed by atoms with Gasteiger partial charge in [-0.05, 0) is 52.3 Å². The highest BCUT2D eigenvalue weighted by Gasteiger charge is 2.48. The molecule has 1 aromatic carbocycles. The van der Waals surface area contributed by atoms with Crippen molar-refractivity contribution in [1.29, 1.82) is 0 Å². The first-order chi connectivity index (χ1) is 13.1. The Morgan fingerprint density at radius 1 is 1.46 bits per heavy atom. The highest BCUT2D eigenvalue weighted by molar-refractivity contribution is 9.12. The zero-order chi connectivity index (χ0) is 20.5. The van der Waals surface area contributed by atoms with Crippen molar-refractivity contribution in [2.45, 2.75) is 14.5 Å². The summed E-state index contributed by atoms with van der Waals surface area (Å²) < 4.78 is 8.62. The zero-order valence-electron chi connectivity index (χ0n) is 14.0. The van der Waals surface area contributed by atoms with Crippen molar-refractivity contribution >= 4 is 73.9 Å². The summed E-state index contributed by atoms with van der Waals surface area (Å²) in [7, 11) is 0. The van der Waals surface area contributed by atoms with Gasteiger partial charge in [-0.3, -0.25) is 15.8 Å². The molecular weight excluding hydrogens is 497 g/mol. The molecule has 0 amide bonds. The van der Waals surface area contributed by atoms with Gasteiger partial charge in [0.1, 0.15) is 9.85 Å². The van der Waals surface area contributed by atoms with E-state index >= 15 is 0 Å². The summed E-state index contributed by atoms with van der Waals surface area (Å²) in [5, 5.41) is 14.2. The number of nitro groups is 1. The quantitative estimate of drug-likeness (QED) is 0.140. The number of nitrogens with two attached hydrogens (primary N) is 1. The molecule has 0 saturated carbocycles. The molecule has 0 aliphatic heterocycles. The van der Waals surface area contributed by atoms with Gasteiger partial charge in [0.2, 0.25) is 4.20 Å². The van der Waals surface area contributed by atoms with E-state index in [4.69, 9.17) is 17.3 Å². The van der Waals surface area contributed by atoms with Crippen LogP contribution in [0.1, 0.15) is 11.4 Å². The second-order valence-corrected chi connectivity index (χ2v) is 11.1. The largest absolute Gasteiger partial charge is 0.340 e. The maximum atomic E-state index is 14.0. The molecule has 0 bridgehead atoms. The second-order valence-electron chi connectivity index (χ2n) is 5.52. The summed E-state index contributed by atoms with van der Waals surface area (Å²) in [5.41, 5.74) is 8.48. The van der Waals surface area contributed by atoms with Crippen LogP contribution in [0.5, 0.6) is 0 Å². The number of nitrogens with one attached hydrogen (secondary N) is 2. The maximum absolute atomic E-state index is 14.0. The molecule has 148 valence electrons. The minimum atomic E-state index is -2.57. The van der Waals surface area contributed by atoms with Crippen molar-refractivity contribution in [1.82, 2.24) is 19.9 Å². The van der Waals surface area contributed by atoms with Crippen LogP contribution in [0.4, 0.5) is 15.9 Å². The molecule has 3 aromatic rings. The van der Waals surface area contributed by atoms with Crippen LogP contribution in [0.25, 0.3) is 11.2 Å². The summed E-state index contributed by atoms with van der Waals surface area (Å²) in [6.45, 7) is 1.93. The van der Waals surface area contributed by atoms with Crippen LogP contribution < -0.4 is 11.1 Å². The Balaban J connectivity index is 2.11. The van der Waals surface area contributed by atoms with E-state index in [-0.39, 0.29) is 41.0 Å². The highest BCUT2D eigenvalue weighted by Crippen LogP contribution is 2.52. The van der Waals surface area contributed by atoms with Crippen LogP contribution >= 0.6 is 51.2 Å². The normalized spacial score (nSPS) is 15.8. The van der Waals surface area contributed by atoms with E-state index in [1.807, 2.05) is 31.2 Å². The van der Waals surface area contributed by atoms with E-state index in [0.29, 0.717) is 5.52 Å². The van der Waals surface area contributed by atoms with Crippen molar-refractivity contribution in [2.24, 2.45) is 5.73 Å². The number of aromatic amines is 1. The molecule has 0 aliphatic rings. The number of aryl methyl sites for hydroxylation is 1. The van der Waals surface area contributed by atoms with Gasteiger partial charge >= 0.3 is 0 Å². The van der Waals surface area contributed by atoms with Gasteiger partial charge in [0.15, 0.2) is 17.3 Å². The number of nitrogens with zero attached hydrogens (tertiary/aromatic N) is 4. The number of alkyl halides is 3. The predicted octanol–water partition coefficient (Wildman–Crippen LogP) is 4.35. The lowest BCUT2D eigenvalue weighted by Gasteiger charge is -2.24. The minimum Gasteiger partial charge on any atom is -0.340 e. The molecule has 0 aliphatic carbocycles. The van der Waals surface area contributed by atoms with Crippen LogP contribution in [0, 0.1) is 17.0 Å². The highest BCUT2D eigenvalue weighted by atomic mass is 79.9. The molecule has 14 heteroatoms. The molecule has 9 nitrogen and oxygen atoms in total. The predicted molar refractivity (Wildman–Crippen MR) is 113 cm³/mol. The Morgan fingerprint density at radius 2 is 2.21 bits per heavy atom. The average molecular weight is 509 g/mol. The topological polar surface area (TPSA) is 136 Å². The van der Waals surface area contributed by atoms with Crippen molar-refractivity contribution in [3.8, 4) is 0 Å². The number of hydrogen-bond acceptors (Lipinski definition) is 9. The number of imidazole rings is 1. The number of anilines is 2. The Morgan fingerprint density at radius 3 is 2.86 bits per heavy atom. The van der Waals surface area contributed by atoms with Gasteiger partial charge in [0.05, 0.1) is 6.33 Å². The fourth-order valence-corrected chi connectivity index (χ4v) is 5.51. The molecule has 2 aromatic heterocycles. The van der Waals surface area contributed by atoms with Gasteiger partial charge in [-0.1, -0.05) is 23.7 Å². The summed E-state index contributed by atoms with van der Waals surface area (Å²) >= 11 is 8.38. The average Bonchev–Trinajstić information content (AvgIpc) is 3.01. The molecule has 0 fully saturated rings. The molecule has 3 rings (SSSR count). The van der Waals surface area contributed by atoms with E-state index in [2.05, 4.69) is 41.2 Å². The van der Waals surface area contributed by atoms with Crippen LogP contribution in [-0.2, 0) is 4.20 Å². The number of halogens is 3. The molecule has 4 N–H and O–H groups in total. The fraction of sp³-hybridized carbons (Fsp3) is 0.214. The maximum Gasteiger partial charge on any atom is 0.287 e. The summed E-state index contributed by atoms with van der Waals surface area (Å²) in [6.07, 6.45) is 1.39. The van der Waals surface area contributed by atoms with Gasteiger partial charge in [0, 0.05) is 5.69 Å².